The molecule has 1 aliphatic heterocycles. The first-order valence-corrected chi connectivity index (χ1v) is 8.81. The molecule has 0 saturated heterocycles. The normalized spacial score (nSPS) is 14.8. The molecule has 0 spiro atoms. The molecule has 0 aliphatic carbocycles. The standard InChI is InChI=1S/C18H16IN3O2/c1-21-5-4-11-2-3-12(6-14(11)9-21)13-7-15-16(19)10-22(18(23)24)17(15)20-8-13/h2-3,6-8,10H,4-5,9H2,1H3,(H,23,24). The van der Waals surface area contributed by atoms with Crippen LogP contribution in [-0.2, 0) is 13.0 Å². The maximum atomic E-state index is 11.3. The van der Waals surface area contributed by atoms with E-state index in [-0.39, 0.29) is 0 Å². The second-order valence-electron chi connectivity index (χ2n) is 6.20. The van der Waals surface area contributed by atoms with Gasteiger partial charge in [-0.25, -0.2) is 14.3 Å². The molecule has 0 saturated carbocycles. The lowest BCUT2D eigenvalue weighted by molar-refractivity contribution is 0.197. The van der Waals surface area contributed by atoms with E-state index < -0.39 is 6.09 Å². The summed E-state index contributed by atoms with van der Waals surface area (Å²) in [5.41, 5.74) is 5.39. The Labute approximate surface area is 153 Å². The molecule has 122 valence electrons. The molecule has 0 atom stereocenters. The van der Waals surface area contributed by atoms with Gasteiger partial charge in [0.25, 0.3) is 0 Å². The second kappa shape index (κ2) is 5.86. The molecule has 0 amide bonds. The summed E-state index contributed by atoms with van der Waals surface area (Å²) in [4.78, 5) is 18.0. The summed E-state index contributed by atoms with van der Waals surface area (Å²) in [6.07, 6.45) is 3.43. The molecule has 2 aromatic heterocycles. The summed E-state index contributed by atoms with van der Waals surface area (Å²) in [7, 11) is 2.14. The number of hydrogen-bond acceptors (Lipinski definition) is 3. The highest BCUT2D eigenvalue weighted by molar-refractivity contribution is 14.1. The van der Waals surface area contributed by atoms with E-state index in [2.05, 4.69) is 57.7 Å². The van der Waals surface area contributed by atoms with Crippen LogP contribution in [-0.4, -0.2) is 39.2 Å². The highest BCUT2D eigenvalue weighted by Crippen LogP contribution is 2.29. The highest BCUT2D eigenvalue weighted by atomic mass is 127. The fourth-order valence-corrected chi connectivity index (χ4v) is 3.93. The van der Waals surface area contributed by atoms with E-state index in [9.17, 15) is 9.90 Å². The third-order valence-electron chi connectivity index (χ3n) is 4.54. The average Bonchev–Trinajstić information content (AvgIpc) is 2.91. The summed E-state index contributed by atoms with van der Waals surface area (Å²) < 4.78 is 2.06. The van der Waals surface area contributed by atoms with E-state index in [1.54, 1.807) is 12.4 Å². The first-order valence-electron chi connectivity index (χ1n) is 7.73. The van der Waals surface area contributed by atoms with Crippen molar-refractivity contribution in [1.82, 2.24) is 14.5 Å². The Hall–Kier alpha value is -1.93. The number of carboxylic acid groups (broad SMARTS) is 1. The summed E-state index contributed by atoms with van der Waals surface area (Å²) in [5.74, 6) is 0. The molecule has 6 heteroatoms. The Balaban J connectivity index is 1.81. The quantitative estimate of drug-likeness (QED) is 0.593. The Morgan fingerprint density at radius 1 is 1.25 bits per heavy atom. The molecule has 5 nitrogen and oxygen atoms in total. The molecular formula is C18H16IN3O2. The van der Waals surface area contributed by atoms with Crippen LogP contribution < -0.4 is 0 Å². The fourth-order valence-electron chi connectivity index (χ4n) is 3.25. The minimum Gasteiger partial charge on any atom is -0.464 e. The van der Waals surface area contributed by atoms with Gasteiger partial charge in [0, 0.05) is 40.0 Å². The van der Waals surface area contributed by atoms with Crippen molar-refractivity contribution in [2.75, 3.05) is 13.6 Å². The molecule has 1 N–H and O–H groups in total. The molecule has 0 radical (unpaired) electrons. The van der Waals surface area contributed by atoms with Crippen LogP contribution in [0.4, 0.5) is 4.79 Å². The first-order chi connectivity index (χ1) is 11.5. The monoisotopic (exact) mass is 433 g/mol. The van der Waals surface area contributed by atoms with Crippen molar-refractivity contribution in [3.63, 3.8) is 0 Å². The number of fused-ring (bicyclic) bond motifs is 2. The van der Waals surface area contributed by atoms with E-state index in [1.165, 1.54) is 15.7 Å². The molecule has 0 unspecified atom stereocenters. The molecule has 3 aromatic rings. The SMILES string of the molecule is CN1CCc2ccc(-c3cnc4c(c3)c(I)cn4C(=O)O)cc2C1. The van der Waals surface area contributed by atoms with E-state index in [1.807, 2.05) is 6.07 Å². The third-order valence-corrected chi connectivity index (χ3v) is 5.40. The van der Waals surface area contributed by atoms with Gasteiger partial charge in [0.2, 0.25) is 0 Å². The van der Waals surface area contributed by atoms with Crippen LogP contribution in [0.2, 0.25) is 0 Å². The zero-order chi connectivity index (χ0) is 16.8. The maximum absolute atomic E-state index is 11.3. The Kier molecular flexibility index (Phi) is 3.80. The van der Waals surface area contributed by atoms with Crippen molar-refractivity contribution >= 4 is 39.7 Å². The minimum absolute atomic E-state index is 0.480. The topological polar surface area (TPSA) is 58.4 Å². The number of halogens is 1. The number of carbonyl (C=O) groups is 1. The second-order valence-corrected chi connectivity index (χ2v) is 7.36. The Bertz CT molecular complexity index is 964. The number of nitrogens with zero attached hydrogens (tertiary/aromatic N) is 3. The van der Waals surface area contributed by atoms with Crippen LogP contribution in [0.5, 0.6) is 0 Å². The number of hydrogen-bond donors (Lipinski definition) is 1. The van der Waals surface area contributed by atoms with Crippen molar-refractivity contribution in [2.45, 2.75) is 13.0 Å². The van der Waals surface area contributed by atoms with Gasteiger partial charge in [0.05, 0.1) is 0 Å². The van der Waals surface area contributed by atoms with Gasteiger partial charge in [-0.05, 0) is 64.9 Å². The van der Waals surface area contributed by atoms with Crippen molar-refractivity contribution < 1.29 is 9.90 Å². The van der Waals surface area contributed by atoms with Crippen LogP contribution in [0.25, 0.3) is 22.2 Å². The number of benzene rings is 1. The predicted octanol–water partition coefficient (Wildman–Crippen LogP) is 3.82. The molecular weight excluding hydrogens is 417 g/mol. The zero-order valence-electron chi connectivity index (χ0n) is 13.2. The summed E-state index contributed by atoms with van der Waals surface area (Å²) in [6.45, 7) is 2.06. The number of aromatic nitrogens is 2. The van der Waals surface area contributed by atoms with Crippen LogP contribution in [0.3, 0.4) is 0 Å². The average molecular weight is 433 g/mol. The van der Waals surface area contributed by atoms with Crippen molar-refractivity contribution in [2.24, 2.45) is 0 Å². The van der Waals surface area contributed by atoms with E-state index in [4.69, 9.17) is 0 Å². The van der Waals surface area contributed by atoms with Gasteiger partial charge in [0.1, 0.15) is 0 Å². The molecule has 1 aromatic carbocycles. The summed E-state index contributed by atoms with van der Waals surface area (Å²) in [6, 6.07) is 8.59. The Morgan fingerprint density at radius 3 is 2.88 bits per heavy atom. The van der Waals surface area contributed by atoms with Gasteiger partial charge in [-0.3, -0.25) is 0 Å². The van der Waals surface area contributed by atoms with Gasteiger partial charge in [-0.15, -0.1) is 0 Å². The highest BCUT2D eigenvalue weighted by Gasteiger charge is 2.16. The minimum atomic E-state index is -1.01. The zero-order valence-corrected chi connectivity index (χ0v) is 15.3. The first kappa shape index (κ1) is 15.6. The van der Waals surface area contributed by atoms with E-state index >= 15 is 0 Å². The van der Waals surface area contributed by atoms with Gasteiger partial charge in [-0.2, -0.15) is 0 Å². The lowest BCUT2D eigenvalue weighted by Crippen LogP contribution is -2.26. The van der Waals surface area contributed by atoms with Gasteiger partial charge in [-0.1, -0.05) is 12.1 Å². The maximum Gasteiger partial charge on any atom is 0.417 e. The van der Waals surface area contributed by atoms with Crippen molar-refractivity contribution in [3.8, 4) is 11.1 Å². The van der Waals surface area contributed by atoms with Gasteiger partial charge < -0.3 is 10.0 Å². The lowest BCUT2D eigenvalue weighted by Gasteiger charge is -2.25. The van der Waals surface area contributed by atoms with E-state index in [0.29, 0.717) is 5.65 Å². The van der Waals surface area contributed by atoms with Crippen LogP contribution in [0, 0.1) is 3.57 Å². The fraction of sp³-hybridized carbons (Fsp3) is 0.222. The Morgan fingerprint density at radius 2 is 2.08 bits per heavy atom. The van der Waals surface area contributed by atoms with E-state index in [0.717, 1.165) is 39.6 Å². The van der Waals surface area contributed by atoms with Crippen LogP contribution in [0.15, 0.2) is 36.7 Å². The van der Waals surface area contributed by atoms with Crippen molar-refractivity contribution in [3.05, 3.63) is 51.4 Å². The number of likely N-dealkylation sites (N-methyl/N-ethyl adjacent to an activating group) is 1. The van der Waals surface area contributed by atoms with Crippen molar-refractivity contribution in [1.29, 1.82) is 0 Å². The van der Waals surface area contributed by atoms with Gasteiger partial charge >= 0.3 is 6.09 Å². The number of rotatable bonds is 1. The summed E-state index contributed by atoms with van der Waals surface area (Å²) >= 11 is 2.15. The van der Waals surface area contributed by atoms with Crippen LogP contribution in [0.1, 0.15) is 11.1 Å². The van der Waals surface area contributed by atoms with Gasteiger partial charge in [0.15, 0.2) is 5.65 Å². The molecule has 0 fully saturated rings. The molecule has 4 rings (SSSR count). The smallest absolute Gasteiger partial charge is 0.417 e. The molecule has 0 bridgehead atoms. The summed E-state index contributed by atoms with van der Waals surface area (Å²) in [5, 5.41) is 10.1. The molecule has 3 heterocycles. The molecule has 24 heavy (non-hydrogen) atoms. The largest absolute Gasteiger partial charge is 0.464 e. The lowest BCUT2D eigenvalue weighted by atomic mass is 9.95. The third kappa shape index (κ3) is 2.59. The number of pyridine rings is 1. The molecule has 1 aliphatic rings. The predicted molar refractivity (Wildman–Crippen MR) is 101 cm³/mol. The van der Waals surface area contributed by atoms with Crippen LogP contribution >= 0.6 is 22.6 Å².